The van der Waals surface area contributed by atoms with Crippen LogP contribution in [0.5, 0.6) is 0 Å². The van der Waals surface area contributed by atoms with Crippen molar-refractivity contribution >= 4 is 17.7 Å². The van der Waals surface area contributed by atoms with Crippen molar-refractivity contribution in [2.45, 2.75) is 29.9 Å². The summed E-state index contributed by atoms with van der Waals surface area (Å²) in [6, 6.07) is 8.55. The molecule has 0 radical (unpaired) electrons. The van der Waals surface area contributed by atoms with Crippen molar-refractivity contribution < 1.29 is 9.53 Å². The lowest BCUT2D eigenvalue weighted by Crippen LogP contribution is -2.27. The van der Waals surface area contributed by atoms with Crippen molar-refractivity contribution in [3.05, 3.63) is 29.8 Å². The molecule has 0 spiro atoms. The third-order valence-electron chi connectivity index (χ3n) is 2.90. The Morgan fingerprint density at radius 3 is 3.11 bits per heavy atom. The molecule has 2 rings (SSSR count). The lowest BCUT2D eigenvalue weighted by Gasteiger charge is -2.09. The first kappa shape index (κ1) is 13.4. The standard InChI is InChI=1S/C14H19NO2S/c1-2-17-14(16)7-8-15-10-12-9-11-5-3-4-6-13(11)18-12/h3-6,12,15H,2,7-10H2,1H3. The number of fused-ring (bicyclic) bond motifs is 1. The van der Waals surface area contributed by atoms with Crippen LogP contribution in [0.2, 0.25) is 0 Å². The molecule has 0 aromatic heterocycles. The van der Waals surface area contributed by atoms with Gasteiger partial charge in [-0.15, -0.1) is 11.8 Å². The largest absolute Gasteiger partial charge is 0.466 e. The molecule has 4 heteroatoms. The van der Waals surface area contributed by atoms with Gasteiger partial charge >= 0.3 is 5.97 Å². The van der Waals surface area contributed by atoms with E-state index in [0.717, 1.165) is 13.0 Å². The average Bonchev–Trinajstić information content (AvgIpc) is 2.77. The van der Waals surface area contributed by atoms with Crippen LogP contribution < -0.4 is 5.32 Å². The van der Waals surface area contributed by atoms with Crippen LogP contribution in [-0.2, 0) is 16.0 Å². The molecule has 0 aliphatic carbocycles. The zero-order valence-electron chi connectivity index (χ0n) is 10.6. The van der Waals surface area contributed by atoms with E-state index >= 15 is 0 Å². The molecule has 0 amide bonds. The summed E-state index contributed by atoms with van der Waals surface area (Å²) in [7, 11) is 0. The molecule has 1 aromatic rings. The maximum Gasteiger partial charge on any atom is 0.307 e. The average molecular weight is 265 g/mol. The van der Waals surface area contributed by atoms with Gasteiger partial charge in [-0.2, -0.15) is 0 Å². The van der Waals surface area contributed by atoms with Crippen LogP contribution in [0.1, 0.15) is 18.9 Å². The molecular weight excluding hydrogens is 246 g/mol. The van der Waals surface area contributed by atoms with E-state index in [4.69, 9.17) is 4.74 Å². The maximum atomic E-state index is 11.2. The van der Waals surface area contributed by atoms with Gasteiger partial charge in [-0.1, -0.05) is 18.2 Å². The fraction of sp³-hybridized carbons (Fsp3) is 0.500. The summed E-state index contributed by atoms with van der Waals surface area (Å²) in [6.07, 6.45) is 1.57. The number of carbonyl (C=O) groups is 1. The Morgan fingerprint density at radius 1 is 1.50 bits per heavy atom. The SMILES string of the molecule is CCOC(=O)CCNCC1Cc2ccccc2S1. The van der Waals surface area contributed by atoms with Crippen LogP contribution >= 0.6 is 11.8 Å². The number of hydrogen-bond acceptors (Lipinski definition) is 4. The van der Waals surface area contributed by atoms with Crippen LogP contribution in [0.15, 0.2) is 29.2 Å². The van der Waals surface area contributed by atoms with Gasteiger partial charge in [0.1, 0.15) is 0 Å². The summed E-state index contributed by atoms with van der Waals surface area (Å²) >= 11 is 1.93. The highest BCUT2D eigenvalue weighted by Crippen LogP contribution is 2.36. The number of carbonyl (C=O) groups excluding carboxylic acids is 1. The minimum atomic E-state index is -0.118. The molecule has 1 atom stereocenters. The van der Waals surface area contributed by atoms with Crippen LogP contribution in [0, 0.1) is 0 Å². The van der Waals surface area contributed by atoms with Gasteiger partial charge in [0.2, 0.25) is 0 Å². The molecule has 0 saturated carbocycles. The van der Waals surface area contributed by atoms with Gasteiger partial charge in [0.15, 0.2) is 0 Å². The van der Waals surface area contributed by atoms with Crippen LogP contribution in [-0.4, -0.2) is 30.9 Å². The zero-order valence-corrected chi connectivity index (χ0v) is 11.5. The van der Waals surface area contributed by atoms with Crippen molar-refractivity contribution in [2.24, 2.45) is 0 Å². The monoisotopic (exact) mass is 265 g/mol. The van der Waals surface area contributed by atoms with E-state index in [-0.39, 0.29) is 5.97 Å². The second kappa shape index (κ2) is 6.81. The molecule has 0 saturated heterocycles. The van der Waals surface area contributed by atoms with Crippen molar-refractivity contribution in [3.8, 4) is 0 Å². The Balaban J connectivity index is 1.64. The molecule has 1 heterocycles. The summed E-state index contributed by atoms with van der Waals surface area (Å²) in [6.45, 7) is 3.94. The zero-order chi connectivity index (χ0) is 12.8. The van der Waals surface area contributed by atoms with E-state index < -0.39 is 0 Å². The Labute approximate surface area is 112 Å². The molecule has 1 aliphatic rings. The highest BCUT2D eigenvalue weighted by molar-refractivity contribution is 8.00. The van der Waals surface area contributed by atoms with E-state index in [1.54, 1.807) is 0 Å². The third-order valence-corrected chi connectivity index (χ3v) is 4.22. The van der Waals surface area contributed by atoms with Gasteiger partial charge in [0, 0.05) is 23.2 Å². The van der Waals surface area contributed by atoms with Gasteiger partial charge in [-0.05, 0) is 25.0 Å². The molecule has 1 aromatic carbocycles. The van der Waals surface area contributed by atoms with E-state index in [2.05, 4.69) is 29.6 Å². The van der Waals surface area contributed by atoms with Crippen molar-refractivity contribution in [1.82, 2.24) is 5.32 Å². The van der Waals surface area contributed by atoms with Gasteiger partial charge in [-0.25, -0.2) is 0 Å². The highest BCUT2D eigenvalue weighted by atomic mass is 32.2. The lowest BCUT2D eigenvalue weighted by molar-refractivity contribution is -0.142. The van der Waals surface area contributed by atoms with Crippen molar-refractivity contribution in [2.75, 3.05) is 19.7 Å². The van der Waals surface area contributed by atoms with E-state index in [0.29, 0.717) is 24.8 Å². The second-order valence-electron chi connectivity index (χ2n) is 4.31. The van der Waals surface area contributed by atoms with Gasteiger partial charge in [0.25, 0.3) is 0 Å². The number of benzene rings is 1. The first-order valence-corrected chi connectivity index (χ1v) is 7.28. The lowest BCUT2D eigenvalue weighted by atomic mass is 10.1. The molecule has 3 nitrogen and oxygen atoms in total. The fourth-order valence-electron chi connectivity index (χ4n) is 2.05. The molecular formula is C14H19NO2S. The second-order valence-corrected chi connectivity index (χ2v) is 5.65. The molecule has 98 valence electrons. The normalized spacial score (nSPS) is 17.5. The number of ether oxygens (including phenoxy) is 1. The molecule has 0 bridgehead atoms. The maximum absolute atomic E-state index is 11.2. The minimum Gasteiger partial charge on any atom is -0.466 e. The first-order chi connectivity index (χ1) is 8.79. The van der Waals surface area contributed by atoms with Gasteiger partial charge in [-0.3, -0.25) is 4.79 Å². The van der Waals surface area contributed by atoms with Gasteiger partial charge < -0.3 is 10.1 Å². The Hall–Kier alpha value is -1.00. The number of rotatable bonds is 6. The predicted octanol–water partition coefficient (Wildman–Crippen LogP) is 2.25. The van der Waals surface area contributed by atoms with Crippen LogP contribution in [0.4, 0.5) is 0 Å². The smallest absolute Gasteiger partial charge is 0.307 e. The summed E-state index contributed by atoms with van der Waals surface area (Å²) < 4.78 is 4.88. The van der Waals surface area contributed by atoms with Gasteiger partial charge in [0.05, 0.1) is 13.0 Å². The summed E-state index contributed by atoms with van der Waals surface area (Å²) in [5, 5.41) is 3.92. The predicted molar refractivity (Wildman–Crippen MR) is 73.9 cm³/mol. The van der Waals surface area contributed by atoms with Crippen LogP contribution in [0.3, 0.4) is 0 Å². The molecule has 1 unspecified atom stereocenters. The Morgan fingerprint density at radius 2 is 2.33 bits per heavy atom. The Bertz CT molecular complexity index is 384. The number of hydrogen-bond donors (Lipinski definition) is 1. The molecule has 0 fully saturated rings. The quantitative estimate of drug-likeness (QED) is 0.632. The fourth-order valence-corrected chi connectivity index (χ4v) is 3.34. The summed E-state index contributed by atoms with van der Waals surface area (Å²) in [5.41, 5.74) is 1.44. The molecule has 18 heavy (non-hydrogen) atoms. The molecule has 1 N–H and O–H groups in total. The summed E-state index contributed by atoms with van der Waals surface area (Å²) in [4.78, 5) is 12.5. The van der Waals surface area contributed by atoms with E-state index in [1.165, 1.54) is 10.5 Å². The van der Waals surface area contributed by atoms with Crippen molar-refractivity contribution in [3.63, 3.8) is 0 Å². The minimum absolute atomic E-state index is 0.118. The topological polar surface area (TPSA) is 38.3 Å². The number of thioether (sulfide) groups is 1. The number of nitrogens with one attached hydrogen (secondary N) is 1. The first-order valence-electron chi connectivity index (χ1n) is 6.40. The summed E-state index contributed by atoms with van der Waals surface area (Å²) in [5.74, 6) is -0.118. The third kappa shape index (κ3) is 3.75. The number of esters is 1. The van der Waals surface area contributed by atoms with Crippen molar-refractivity contribution in [1.29, 1.82) is 0 Å². The highest BCUT2D eigenvalue weighted by Gasteiger charge is 2.21. The Kier molecular flexibility index (Phi) is 5.08. The molecule has 1 aliphatic heterocycles. The van der Waals surface area contributed by atoms with E-state index in [1.807, 2.05) is 18.7 Å². The van der Waals surface area contributed by atoms with Crippen LogP contribution in [0.25, 0.3) is 0 Å². The van der Waals surface area contributed by atoms with E-state index in [9.17, 15) is 4.79 Å².